The van der Waals surface area contributed by atoms with Crippen LogP contribution in [0, 0.1) is 17.8 Å². The maximum Gasteiger partial charge on any atom is 0.230 e. The molecule has 3 nitrogen and oxygen atoms in total. The van der Waals surface area contributed by atoms with Gasteiger partial charge in [0, 0.05) is 24.0 Å². The van der Waals surface area contributed by atoms with Crippen LogP contribution >= 0.6 is 0 Å². The van der Waals surface area contributed by atoms with Crippen LogP contribution in [-0.4, -0.2) is 10.9 Å². The lowest BCUT2D eigenvalue weighted by Gasteiger charge is -2.23. The first-order valence-electron chi connectivity index (χ1n) is 8.08. The van der Waals surface area contributed by atoms with Crippen LogP contribution in [0.1, 0.15) is 24.8 Å². The molecular weight excluding hydrogens is 272 g/mol. The first kappa shape index (κ1) is 13.5. The summed E-state index contributed by atoms with van der Waals surface area (Å²) < 4.78 is 0. The molecular formula is C19H20N2O. The Balaban J connectivity index is 1.56. The largest absolute Gasteiger partial charge is 0.308 e. The Morgan fingerprint density at radius 1 is 1.09 bits per heavy atom. The second kappa shape index (κ2) is 5.56. The van der Waals surface area contributed by atoms with E-state index in [1.807, 2.05) is 35.2 Å². The molecule has 0 N–H and O–H groups in total. The molecule has 3 heteroatoms. The van der Waals surface area contributed by atoms with Gasteiger partial charge in [-0.2, -0.15) is 0 Å². The van der Waals surface area contributed by atoms with Crippen molar-refractivity contribution in [3.05, 3.63) is 60.4 Å². The summed E-state index contributed by atoms with van der Waals surface area (Å²) in [6.45, 7) is 0.636. The average molecular weight is 292 g/mol. The van der Waals surface area contributed by atoms with E-state index in [-0.39, 0.29) is 11.8 Å². The van der Waals surface area contributed by atoms with E-state index in [0.717, 1.165) is 23.6 Å². The molecule has 0 bridgehead atoms. The fourth-order valence-electron chi connectivity index (χ4n) is 3.33. The molecule has 2 atom stereocenters. The van der Waals surface area contributed by atoms with Gasteiger partial charge in [-0.05, 0) is 48.8 Å². The highest BCUT2D eigenvalue weighted by Crippen LogP contribution is 2.55. The zero-order chi connectivity index (χ0) is 14.9. The number of anilines is 1. The van der Waals surface area contributed by atoms with E-state index in [1.54, 1.807) is 12.4 Å². The van der Waals surface area contributed by atoms with E-state index in [1.165, 1.54) is 12.8 Å². The van der Waals surface area contributed by atoms with Crippen LogP contribution in [-0.2, 0) is 11.3 Å². The summed E-state index contributed by atoms with van der Waals surface area (Å²) in [5, 5.41) is 0. The monoisotopic (exact) mass is 292 g/mol. The Kier molecular flexibility index (Phi) is 3.41. The van der Waals surface area contributed by atoms with Gasteiger partial charge in [-0.25, -0.2) is 0 Å². The van der Waals surface area contributed by atoms with E-state index in [4.69, 9.17) is 0 Å². The van der Waals surface area contributed by atoms with E-state index in [9.17, 15) is 4.79 Å². The fourth-order valence-corrected chi connectivity index (χ4v) is 3.33. The lowest BCUT2D eigenvalue weighted by atomic mass is 10.1. The highest BCUT2D eigenvalue weighted by Gasteiger charge is 2.52. The third-order valence-corrected chi connectivity index (χ3v) is 4.81. The van der Waals surface area contributed by atoms with Gasteiger partial charge in [0.05, 0.1) is 6.54 Å². The molecule has 2 fully saturated rings. The number of benzene rings is 1. The number of carbonyl (C=O) groups is 1. The van der Waals surface area contributed by atoms with Gasteiger partial charge in [-0.1, -0.05) is 30.3 Å². The zero-order valence-electron chi connectivity index (χ0n) is 12.6. The summed E-state index contributed by atoms with van der Waals surface area (Å²) in [4.78, 5) is 19.0. The summed E-state index contributed by atoms with van der Waals surface area (Å²) in [5.41, 5.74) is 2.11. The predicted octanol–water partition coefficient (Wildman–Crippen LogP) is 3.66. The average Bonchev–Trinajstić information content (AvgIpc) is 3.46. The van der Waals surface area contributed by atoms with Gasteiger partial charge in [0.2, 0.25) is 5.91 Å². The minimum Gasteiger partial charge on any atom is -0.308 e. The van der Waals surface area contributed by atoms with Crippen molar-refractivity contribution in [3.63, 3.8) is 0 Å². The minimum atomic E-state index is 0.240. The summed E-state index contributed by atoms with van der Waals surface area (Å²) in [6, 6.07) is 14.1. The molecule has 1 amide bonds. The van der Waals surface area contributed by atoms with Crippen LogP contribution in [0.25, 0.3) is 0 Å². The lowest BCUT2D eigenvalue weighted by Crippen LogP contribution is -2.32. The maximum atomic E-state index is 13.0. The minimum absolute atomic E-state index is 0.240. The number of hydrogen-bond donors (Lipinski definition) is 0. The number of rotatable bonds is 5. The number of aromatic nitrogens is 1. The maximum absolute atomic E-state index is 13.0. The van der Waals surface area contributed by atoms with Gasteiger partial charge in [-0.3, -0.25) is 9.78 Å². The number of carbonyl (C=O) groups excluding carboxylic acids is 1. The van der Waals surface area contributed by atoms with Crippen LogP contribution in [0.4, 0.5) is 5.69 Å². The van der Waals surface area contributed by atoms with Gasteiger partial charge in [0.15, 0.2) is 0 Å². The van der Waals surface area contributed by atoms with Crippen molar-refractivity contribution in [1.29, 1.82) is 0 Å². The van der Waals surface area contributed by atoms with E-state index in [2.05, 4.69) is 17.1 Å². The highest BCUT2D eigenvalue weighted by molar-refractivity contribution is 5.96. The van der Waals surface area contributed by atoms with Gasteiger partial charge in [0.1, 0.15) is 0 Å². The summed E-state index contributed by atoms with van der Waals surface area (Å²) in [7, 11) is 0. The van der Waals surface area contributed by atoms with Crippen LogP contribution < -0.4 is 4.90 Å². The van der Waals surface area contributed by atoms with E-state index in [0.29, 0.717) is 12.5 Å². The van der Waals surface area contributed by atoms with Gasteiger partial charge >= 0.3 is 0 Å². The van der Waals surface area contributed by atoms with Crippen molar-refractivity contribution >= 4 is 11.6 Å². The highest BCUT2D eigenvalue weighted by atomic mass is 16.2. The number of hydrogen-bond acceptors (Lipinski definition) is 2. The van der Waals surface area contributed by atoms with Crippen molar-refractivity contribution in [2.75, 3.05) is 4.90 Å². The predicted molar refractivity (Wildman–Crippen MR) is 86.2 cm³/mol. The second-order valence-electron chi connectivity index (χ2n) is 6.46. The molecule has 1 aromatic heterocycles. The molecule has 22 heavy (non-hydrogen) atoms. The Bertz CT molecular complexity index is 652. The third kappa shape index (κ3) is 2.76. The smallest absolute Gasteiger partial charge is 0.230 e. The zero-order valence-corrected chi connectivity index (χ0v) is 12.6. The van der Waals surface area contributed by atoms with Gasteiger partial charge < -0.3 is 4.90 Å². The van der Waals surface area contributed by atoms with Crippen molar-refractivity contribution in [2.45, 2.75) is 25.8 Å². The quantitative estimate of drug-likeness (QED) is 0.842. The SMILES string of the molecule is O=C([C@H]1C[C@H]1C1CC1)N(Cc1ccccc1)c1ccncc1. The number of nitrogens with zero attached hydrogens (tertiary/aromatic N) is 2. The molecule has 1 heterocycles. The summed E-state index contributed by atoms with van der Waals surface area (Å²) in [6.07, 6.45) is 7.24. The van der Waals surface area contributed by atoms with Crippen LogP contribution in [0.15, 0.2) is 54.9 Å². The lowest BCUT2D eigenvalue weighted by molar-refractivity contribution is -0.120. The Labute approximate surface area is 131 Å². The van der Waals surface area contributed by atoms with Crippen LogP contribution in [0.3, 0.4) is 0 Å². The van der Waals surface area contributed by atoms with Gasteiger partial charge in [-0.15, -0.1) is 0 Å². The number of pyridine rings is 1. The first-order valence-corrected chi connectivity index (χ1v) is 8.08. The molecule has 4 rings (SSSR count). The fraction of sp³-hybridized carbons (Fsp3) is 0.368. The molecule has 2 aliphatic rings. The Hall–Kier alpha value is -2.16. The molecule has 0 saturated heterocycles. The second-order valence-corrected chi connectivity index (χ2v) is 6.46. The normalized spacial score (nSPS) is 23.1. The molecule has 1 aromatic carbocycles. The topological polar surface area (TPSA) is 33.2 Å². The molecule has 0 unspecified atom stereocenters. The molecule has 0 radical (unpaired) electrons. The van der Waals surface area contributed by atoms with E-state index < -0.39 is 0 Å². The third-order valence-electron chi connectivity index (χ3n) is 4.81. The van der Waals surface area contributed by atoms with Crippen molar-refractivity contribution in [1.82, 2.24) is 4.98 Å². The van der Waals surface area contributed by atoms with Crippen molar-refractivity contribution in [2.24, 2.45) is 17.8 Å². The number of amides is 1. The Morgan fingerprint density at radius 3 is 2.50 bits per heavy atom. The van der Waals surface area contributed by atoms with Gasteiger partial charge in [0.25, 0.3) is 0 Å². The molecule has 0 aliphatic heterocycles. The van der Waals surface area contributed by atoms with Crippen LogP contribution in [0.2, 0.25) is 0 Å². The summed E-state index contributed by atoms with van der Waals surface area (Å²) in [5.74, 6) is 1.99. The van der Waals surface area contributed by atoms with Crippen LogP contribution in [0.5, 0.6) is 0 Å². The molecule has 112 valence electrons. The molecule has 2 saturated carbocycles. The standard InChI is InChI=1S/C19H20N2O/c22-19(18-12-17(18)15-6-7-15)21(16-8-10-20-11-9-16)13-14-4-2-1-3-5-14/h1-5,8-11,15,17-18H,6-7,12-13H2/t17-,18-/m0/s1. The Morgan fingerprint density at radius 2 is 1.82 bits per heavy atom. The van der Waals surface area contributed by atoms with Crippen molar-refractivity contribution < 1.29 is 4.79 Å². The molecule has 0 spiro atoms. The molecule has 2 aromatic rings. The summed E-state index contributed by atoms with van der Waals surface area (Å²) >= 11 is 0. The molecule has 2 aliphatic carbocycles. The van der Waals surface area contributed by atoms with E-state index >= 15 is 0 Å². The first-order chi connectivity index (χ1) is 10.8. The van der Waals surface area contributed by atoms with Crippen molar-refractivity contribution in [3.8, 4) is 0 Å².